The number of nitriles is 1. The SMILES string of the molecule is N#Cc1sc(Br)cc1C(=O)NC1CC1. The van der Waals surface area contributed by atoms with Crippen LogP contribution in [0.1, 0.15) is 28.1 Å². The molecular formula is C9H7BrN2OS. The average Bonchev–Trinajstić information content (AvgIpc) is 2.87. The molecule has 1 amide bonds. The Morgan fingerprint density at radius 2 is 2.43 bits per heavy atom. The second kappa shape index (κ2) is 3.71. The molecule has 1 aliphatic carbocycles. The fraction of sp³-hybridized carbons (Fsp3) is 0.333. The lowest BCUT2D eigenvalue weighted by atomic mass is 10.2. The molecule has 1 N–H and O–H groups in total. The third-order valence-electron chi connectivity index (χ3n) is 1.96. The van der Waals surface area contributed by atoms with Gasteiger partial charge >= 0.3 is 0 Å². The summed E-state index contributed by atoms with van der Waals surface area (Å²) in [7, 11) is 0. The van der Waals surface area contributed by atoms with Gasteiger partial charge in [0.15, 0.2) is 0 Å². The van der Waals surface area contributed by atoms with E-state index in [1.54, 1.807) is 6.07 Å². The molecule has 1 aliphatic rings. The van der Waals surface area contributed by atoms with Gasteiger partial charge in [-0.05, 0) is 34.8 Å². The van der Waals surface area contributed by atoms with Crippen molar-refractivity contribution >= 4 is 33.2 Å². The summed E-state index contributed by atoms with van der Waals surface area (Å²) in [6.45, 7) is 0. The number of carbonyl (C=O) groups excluding carboxylic acids is 1. The van der Waals surface area contributed by atoms with Crippen molar-refractivity contribution in [2.45, 2.75) is 18.9 Å². The summed E-state index contributed by atoms with van der Waals surface area (Å²) in [4.78, 5) is 12.1. The summed E-state index contributed by atoms with van der Waals surface area (Å²) in [5.41, 5.74) is 0.483. The van der Waals surface area contributed by atoms with Crippen molar-refractivity contribution in [3.05, 3.63) is 20.3 Å². The van der Waals surface area contributed by atoms with E-state index in [-0.39, 0.29) is 5.91 Å². The Morgan fingerprint density at radius 3 is 3.00 bits per heavy atom. The van der Waals surface area contributed by atoms with Crippen molar-refractivity contribution in [1.82, 2.24) is 5.32 Å². The van der Waals surface area contributed by atoms with Crippen LogP contribution in [0.4, 0.5) is 0 Å². The van der Waals surface area contributed by atoms with E-state index in [1.165, 1.54) is 11.3 Å². The Labute approximate surface area is 93.9 Å². The van der Waals surface area contributed by atoms with Crippen LogP contribution in [0.5, 0.6) is 0 Å². The minimum atomic E-state index is -0.133. The Balaban J connectivity index is 2.21. The van der Waals surface area contributed by atoms with Gasteiger partial charge in [0.05, 0.1) is 9.35 Å². The number of amides is 1. The second-order valence-corrected chi connectivity index (χ2v) is 5.58. The Morgan fingerprint density at radius 1 is 1.71 bits per heavy atom. The van der Waals surface area contributed by atoms with Crippen LogP contribution in [0.25, 0.3) is 0 Å². The first-order valence-corrected chi connectivity index (χ1v) is 5.82. The van der Waals surface area contributed by atoms with Gasteiger partial charge in [0.25, 0.3) is 5.91 Å². The monoisotopic (exact) mass is 270 g/mol. The number of carbonyl (C=O) groups is 1. The molecule has 1 saturated carbocycles. The minimum Gasteiger partial charge on any atom is -0.349 e. The number of halogens is 1. The Hall–Kier alpha value is -0.860. The quantitative estimate of drug-likeness (QED) is 0.897. The van der Waals surface area contributed by atoms with E-state index in [0.717, 1.165) is 16.6 Å². The van der Waals surface area contributed by atoms with E-state index in [2.05, 4.69) is 21.2 Å². The summed E-state index contributed by atoms with van der Waals surface area (Å²) in [6.07, 6.45) is 2.11. The lowest BCUT2D eigenvalue weighted by Gasteiger charge is -1.99. The van der Waals surface area contributed by atoms with Gasteiger partial charge in [0.2, 0.25) is 0 Å². The molecule has 0 bridgehead atoms. The van der Waals surface area contributed by atoms with Gasteiger partial charge in [0, 0.05) is 6.04 Å². The molecule has 0 atom stereocenters. The molecule has 14 heavy (non-hydrogen) atoms. The van der Waals surface area contributed by atoms with E-state index < -0.39 is 0 Å². The highest BCUT2D eigenvalue weighted by Gasteiger charge is 2.25. The molecule has 0 aliphatic heterocycles. The molecule has 0 aromatic carbocycles. The van der Waals surface area contributed by atoms with Crippen LogP contribution in [0.3, 0.4) is 0 Å². The van der Waals surface area contributed by atoms with Gasteiger partial charge in [-0.15, -0.1) is 11.3 Å². The summed E-state index contributed by atoms with van der Waals surface area (Å²) < 4.78 is 0.815. The van der Waals surface area contributed by atoms with Crippen LogP contribution in [0.15, 0.2) is 9.85 Å². The van der Waals surface area contributed by atoms with Crippen LogP contribution in [-0.2, 0) is 0 Å². The molecule has 1 aromatic rings. The molecule has 72 valence electrons. The van der Waals surface area contributed by atoms with Crippen molar-refractivity contribution in [2.24, 2.45) is 0 Å². The fourth-order valence-corrected chi connectivity index (χ4v) is 2.50. The zero-order valence-corrected chi connectivity index (χ0v) is 9.61. The molecule has 0 unspecified atom stereocenters. The first-order chi connectivity index (χ1) is 6.70. The lowest BCUT2D eigenvalue weighted by molar-refractivity contribution is 0.0951. The molecule has 2 rings (SSSR count). The van der Waals surface area contributed by atoms with Crippen LogP contribution in [0.2, 0.25) is 0 Å². The zero-order valence-electron chi connectivity index (χ0n) is 7.21. The van der Waals surface area contributed by atoms with Crippen molar-refractivity contribution in [1.29, 1.82) is 5.26 Å². The number of rotatable bonds is 2. The number of nitrogens with zero attached hydrogens (tertiary/aromatic N) is 1. The molecule has 0 radical (unpaired) electrons. The standard InChI is InChI=1S/C9H7BrN2OS/c10-8-3-6(7(4-11)14-8)9(13)12-5-1-2-5/h3,5H,1-2H2,(H,12,13). The van der Waals surface area contributed by atoms with Crippen molar-refractivity contribution in [2.75, 3.05) is 0 Å². The zero-order chi connectivity index (χ0) is 10.1. The van der Waals surface area contributed by atoms with Gasteiger partial charge < -0.3 is 5.32 Å². The predicted octanol–water partition coefficient (Wildman–Crippen LogP) is 2.27. The van der Waals surface area contributed by atoms with Crippen LogP contribution >= 0.6 is 27.3 Å². The Kier molecular flexibility index (Phi) is 2.57. The number of thiophene rings is 1. The minimum absolute atomic E-state index is 0.133. The topological polar surface area (TPSA) is 52.9 Å². The maximum atomic E-state index is 11.6. The molecular weight excluding hydrogens is 264 g/mol. The predicted molar refractivity (Wildman–Crippen MR) is 57.2 cm³/mol. The van der Waals surface area contributed by atoms with Gasteiger partial charge in [0.1, 0.15) is 10.9 Å². The molecule has 1 fully saturated rings. The van der Waals surface area contributed by atoms with Crippen LogP contribution in [0, 0.1) is 11.3 Å². The van der Waals surface area contributed by atoms with Crippen molar-refractivity contribution in [3.8, 4) is 6.07 Å². The molecule has 0 saturated heterocycles. The normalized spacial score (nSPS) is 14.9. The molecule has 1 heterocycles. The fourth-order valence-electron chi connectivity index (χ4n) is 1.10. The summed E-state index contributed by atoms with van der Waals surface area (Å²) in [5, 5.41) is 11.6. The van der Waals surface area contributed by atoms with E-state index in [1.807, 2.05) is 6.07 Å². The summed E-state index contributed by atoms with van der Waals surface area (Å²) >= 11 is 4.55. The van der Waals surface area contributed by atoms with Gasteiger partial charge in [-0.2, -0.15) is 5.26 Å². The number of hydrogen-bond acceptors (Lipinski definition) is 3. The number of nitrogens with one attached hydrogen (secondary N) is 1. The highest BCUT2D eigenvalue weighted by Crippen LogP contribution is 2.27. The van der Waals surface area contributed by atoms with Crippen molar-refractivity contribution in [3.63, 3.8) is 0 Å². The van der Waals surface area contributed by atoms with E-state index in [9.17, 15) is 4.79 Å². The largest absolute Gasteiger partial charge is 0.349 e. The van der Waals surface area contributed by atoms with Gasteiger partial charge in [-0.25, -0.2) is 0 Å². The van der Waals surface area contributed by atoms with Gasteiger partial charge in [-0.3, -0.25) is 4.79 Å². The third-order valence-corrected chi connectivity index (χ3v) is 3.50. The van der Waals surface area contributed by atoms with E-state index >= 15 is 0 Å². The van der Waals surface area contributed by atoms with E-state index in [0.29, 0.717) is 16.5 Å². The molecule has 0 spiro atoms. The van der Waals surface area contributed by atoms with Crippen LogP contribution < -0.4 is 5.32 Å². The Bertz CT molecular complexity index is 417. The third kappa shape index (κ3) is 1.97. The highest BCUT2D eigenvalue weighted by molar-refractivity contribution is 9.11. The first-order valence-electron chi connectivity index (χ1n) is 4.21. The van der Waals surface area contributed by atoms with Crippen molar-refractivity contribution < 1.29 is 4.79 Å². The smallest absolute Gasteiger partial charge is 0.253 e. The summed E-state index contributed by atoms with van der Waals surface area (Å²) in [6, 6.07) is 4.04. The maximum Gasteiger partial charge on any atom is 0.253 e. The van der Waals surface area contributed by atoms with E-state index in [4.69, 9.17) is 5.26 Å². The molecule has 3 nitrogen and oxygen atoms in total. The maximum absolute atomic E-state index is 11.6. The van der Waals surface area contributed by atoms with Gasteiger partial charge in [-0.1, -0.05) is 0 Å². The molecule has 5 heteroatoms. The highest BCUT2D eigenvalue weighted by atomic mass is 79.9. The second-order valence-electron chi connectivity index (χ2n) is 3.15. The molecule has 1 aromatic heterocycles. The number of hydrogen-bond donors (Lipinski definition) is 1. The average molecular weight is 271 g/mol. The lowest BCUT2D eigenvalue weighted by Crippen LogP contribution is -2.25. The van der Waals surface area contributed by atoms with Crippen LogP contribution in [-0.4, -0.2) is 11.9 Å². The first kappa shape index (κ1) is 9.69. The summed E-state index contributed by atoms with van der Waals surface area (Å²) in [5.74, 6) is -0.133.